The third-order valence-corrected chi connectivity index (χ3v) is 5.17. The predicted octanol–water partition coefficient (Wildman–Crippen LogP) is 4.53. The van der Waals surface area contributed by atoms with Crippen molar-refractivity contribution >= 4 is 41.3 Å². The Morgan fingerprint density at radius 2 is 1.91 bits per heavy atom. The molecule has 1 aliphatic carbocycles. The van der Waals surface area contributed by atoms with Gasteiger partial charge in [0.15, 0.2) is 16.9 Å². The minimum Gasteiger partial charge on any atom is -0.480 e. The summed E-state index contributed by atoms with van der Waals surface area (Å²) in [5, 5.41) is 22.0. The van der Waals surface area contributed by atoms with E-state index in [4.69, 9.17) is 23.2 Å². The van der Waals surface area contributed by atoms with E-state index in [1.807, 2.05) is 0 Å². The summed E-state index contributed by atoms with van der Waals surface area (Å²) in [6.45, 7) is 0. The van der Waals surface area contributed by atoms with Crippen LogP contribution in [0.4, 0.5) is 27.8 Å². The summed E-state index contributed by atoms with van der Waals surface area (Å²) in [7, 11) is 3.05. The number of hydrogen-bond donors (Lipinski definition) is 1. The van der Waals surface area contributed by atoms with Crippen molar-refractivity contribution in [2.75, 3.05) is 14.1 Å². The summed E-state index contributed by atoms with van der Waals surface area (Å²) in [6.07, 6.45) is -5.04. The number of carboxylic acid groups (broad SMARTS) is 1. The summed E-state index contributed by atoms with van der Waals surface area (Å²) >= 11 is 12.2. The van der Waals surface area contributed by atoms with Gasteiger partial charge in [-0.3, -0.25) is 4.79 Å². The topological polar surface area (TPSA) is 104 Å². The second-order valence-electron chi connectivity index (χ2n) is 7.15. The molecule has 15 heteroatoms. The number of nitrogens with zero attached hydrogens (tertiary/aromatic N) is 5. The standard InChI is InChI=1S/C18H12Cl2F5N5O3/c1-29(2)7-27-14-12(16(15(31)32)6-17(16,21)22)11(5-26)28-30(14)13-9(19)3-8(4-10(13)20)33-18(23,24)25/h3-4,7H,6H2,1-2H3,(H,31,32). The fourth-order valence-electron chi connectivity index (χ4n) is 3.16. The second-order valence-corrected chi connectivity index (χ2v) is 7.97. The van der Waals surface area contributed by atoms with Crippen molar-refractivity contribution in [2.45, 2.75) is 24.1 Å². The van der Waals surface area contributed by atoms with Crippen molar-refractivity contribution in [3.8, 4) is 17.5 Å². The number of benzene rings is 1. The maximum absolute atomic E-state index is 14.3. The van der Waals surface area contributed by atoms with Crippen LogP contribution in [-0.2, 0) is 10.2 Å². The molecule has 1 atom stereocenters. The Hall–Kier alpha value is -3.11. The van der Waals surface area contributed by atoms with Gasteiger partial charge in [-0.1, -0.05) is 23.2 Å². The summed E-state index contributed by atoms with van der Waals surface area (Å²) in [6, 6.07) is 3.03. The van der Waals surface area contributed by atoms with E-state index in [-0.39, 0.29) is 5.69 Å². The van der Waals surface area contributed by atoms with Gasteiger partial charge >= 0.3 is 12.3 Å². The molecule has 0 spiro atoms. The first-order valence-electron chi connectivity index (χ1n) is 8.75. The molecule has 1 saturated carbocycles. The Labute approximate surface area is 192 Å². The van der Waals surface area contributed by atoms with Gasteiger partial charge in [-0.15, -0.1) is 13.2 Å². The van der Waals surface area contributed by atoms with Crippen LogP contribution in [0.1, 0.15) is 17.7 Å². The monoisotopic (exact) mass is 511 g/mol. The zero-order chi connectivity index (χ0) is 24.9. The van der Waals surface area contributed by atoms with Gasteiger partial charge in [-0.05, 0) is 0 Å². The molecule has 2 aromatic rings. The van der Waals surface area contributed by atoms with Crippen molar-refractivity contribution in [3.05, 3.63) is 33.4 Å². The molecule has 1 aromatic heterocycles. The quantitative estimate of drug-likeness (QED) is 0.347. The van der Waals surface area contributed by atoms with Gasteiger partial charge in [0.25, 0.3) is 5.92 Å². The fraction of sp³-hybridized carbons (Fsp3) is 0.333. The molecule has 0 radical (unpaired) electrons. The molecule has 1 aromatic carbocycles. The molecule has 176 valence electrons. The molecule has 0 saturated heterocycles. The van der Waals surface area contributed by atoms with Crippen LogP contribution >= 0.6 is 23.2 Å². The molecule has 0 amide bonds. The highest BCUT2D eigenvalue weighted by molar-refractivity contribution is 6.38. The lowest BCUT2D eigenvalue weighted by Crippen LogP contribution is -2.28. The number of hydrogen-bond acceptors (Lipinski definition) is 5. The molecule has 1 unspecified atom stereocenters. The van der Waals surface area contributed by atoms with Crippen LogP contribution < -0.4 is 4.74 Å². The lowest BCUT2D eigenvalue weighted by atomic mass is 9.95. The highest BCUT2D eigenvalue weighted by Gasteiger charge is 2.79. The number of aliphatic imine (C=N–C) groups is 1. The number of carbonyl (C=O) groups is 1. The number of nitriles is 1. The zero-order valence-electron chi connectivity index (χ0n) is 16.6. The molecule has 8 nitrogen and oxygen atoms in total. The average Bonchev–Trinajstić information content (AvgIpc) is 3.06. The van der Waals surface area contributed by atoms with Crippen LogP contribution in [0.25, 0.3) is 5.69 Å². The molecule has 33 heavy (non-hydrogen) atoms. The fourth-order valence-corrected chi connectivity index (χ4v) is 3.79. The largest absolute Gasteiger partial charge is 0.573 e. The van der Waals surface area contributed by atoms with Gasteiger partial charge in [0.2, 0.25) is 0 Å². The van der Waals surface area contributed by atoms with Crippen LogP contribution in [0.15, 0.2) is 17.1 Å². The molecule has 3 rings (SSSR count). The van der Waals surface area contributed by atoms with Gasteiger partial charge in [0.05, 0.1) is 21.9 Å². The third kappa shape index (κ3) is 4.28. The van der Waals surface area contributed by atoms with Gasteiger partial charge in [0, 0.05) is 32.6 Å². The van der Waals surface area contributed by atoms with Gasteiger partial charge < -0.3 is 14.7 Å². The van der Waals surface area contributed by atoms with E-state index < -0.39 is 63.0 Å². The first kappa shape index (κ1) is 24.5. The molecule has 1 heterocycles. The Bertz CT molecular complexity index is 1180. The van der Waals surface area contributed by atoms with E-state index in [9.17, 15) is 37.1 Å². The molecule has 1 fully saturated rings. The summed E-state index contributed by atoms with van der Waals surface area (Å²) < 4.78 is 70.7. The minimum atomic E-state index is -5.05. The Morgan fingerprint density at radius 3 is 2.30 bits per heavy atom. The van der Waals surface area contributed by atoms with Crippen LogP contribution in [0.5, 0.6) is 5.75 Å². The number of rotatable bonds is 6. The highest BCUT2D eigenvalue weighted by atomic mass is 35.5. The maximum atomic E-state index is 14.3. The highest BCUT2D eigenvalue weighted by Crippen LogP contribution is 2.64. The number of aromatic nitrogens is 2. The van der Waals surface area contributed by atoms with Crippen molar-refractivity contribution in [3.63, 3.8) is 0 Å². The summed E-state index contributed by atoms with van der Waals surface area (Å²) in [4.78, 5) is 17.2. The van der Waals surface area contributed by atoms with E-state index >= 15 is 0 Å². The first-order valence-corrected chi connectivity index (χ1v) is 9.51. The lowest BCUT2D eigenvalue weighted by Gasteiger charge is -2.15. The van der Waals surface area contributed by atoms with Crippen LogP contribution in [0.3, 0.4) is 0 Å². The van der Waals surface area contributed by atoms with E-state index in [0.717, 1.165) is 23.2 Å². The van der Waals surface area contributed by atoms with Crippen LogP contribution in [-0.4, -0.2) is 58.5 Å². The van der Waals surface area contributed by atoms with Crippen molar-refractivity contribution < 1.29 is 36.6 Å². The smallest absolute Gasteiger partial charge is 0.480 e. The maximum Gasteiger partial charge on any atom is 0.573 e. The van der Waals surface area contributed by atoms with Crippen LogP contribution in [0, 0.1) is 11.3 Å². The van der Waals surface area contributed by atoms with Crippen molar-refractivity contribution in [1.29, 1.82) is 5.26 Å². The van der Waals surface area contributed by atoms with Crippen molar-refractivity contribution in [2.24, 2.45) is 4.99 Å². The number of halogens is 7. The zero-order valence-corrected chi connectivity index (χ0v) is 18.1. The predicted molar refractivity (Wildman–Crippen MR) is 106 cm³/mol. The summed E-state index contributed by atoms with van der Waals surface area (Å²) in [5.74, 6) is -6.90. The Balaban J connectivity index is 2.32. The van der Waals surface area contributed by atoms with E-state index in [2.05, 4.69) is 14.8 Å². The SMILES string of the molecule is CN(C)C=Nc1c(C2(C(=O)O)CC2(F)F)c(C#N)nn1-c1c(Cl)cc(OC(F)(F)F)cc1Cl. The molecular formula is C18H12Cl2F5N5O3. The Morgan fingerprint density at radius 1 is 1.36 bits per heavy atom. The van der Waals surface area contributed by atoms with Gasteiger partial charge in [-0.2, -0.15) is 10.4 Å². The second kappa shape index (κ2) is 8.03. The van der Waals surface area contributed by atoms with Crippen molar-refractivity contribution in [1.82, 2.24) is 14.7 Å². The minimum absolute atomic E-state index is 0.328. The molecular weight excluding hydrogens is 500 g/mol. The molecule has 1 aliphatic rings. The van der Waals surface area contributed by atoms with E-state index in [0.29, 0.717) is 0 Å². The normalized spacial score (nSPS) is 19.4. The number of alkyl halides is 5. The number of aliphatic carboxylic acids is 1. The Kier molecular flexibility index (Phi) is 5.97. The summed E-state index contributed by atoms with van der Waals surface area (Å²) in [5.41, 5.74) is -4.48. The number of carboxylic acids is 1. The van der Waals surface area contributed by atoms with Gasteiger partial charge in [0.1, 0.15) is 17.5 Å². The lowest BCUT2D eigenvalue weighted by molar-refractivity contribution is -0.274. The molecule has 0 bridgehead atoms. The third-order valence-electron chi connectivity index (χ3n) is 4.59. The van der Waals surface area contributed by atoms with E-state index in [1.54, 1.807) is 6.07 Å². The van der Waals surface area contributed by atoms with E-state index in [1.165, 1.54) is 19.0 Å². The first-order chi connectivity index (χ1) is 15.1. The molecule has 1 N–H and O–H groups in total. The molecule has 0 aliphatic heterocycles. The number of ether oxygens (including phenoxy) is 1. The van der Waals surface area contributed by atoms with Crippen LogP contribution in [0.2, 0.25) is 10.0 Å². The van der Waals surface area contributed by atoms with Gasteiger partial charge in [-0.25, -0.2) is 18.5 Å². The average molecular weight is 512 g/mol.